The Morgan fingerprint density at radius 1 is 1.19 bits per heavy atom. The predicted octanol–water partition coefficient (Wildman–Crippen LogP) is 3.69. The first kappa shape index (κ1) is 16.2. The normalized spacial score (nSPS) is 10.8. The van der Waals surface area contributed by atoms with Gasteiger partial charge in [0.1, 0.15) is 0 Å². The van der Waals surface area contributed by atoms with E-state index in [9.17, 15) is 4.79 Å². The van der Waals surface area contributed by atoms with Gasteiger partial charge >= 0.3 is 0 Å². The van der Waals surface area contributed by atoms with Gasteiger partial charge in [0.25, 0.3) is 5.91 Å². The Balaban J connectivity index is 1.48. The smallest absolute Gasteiger partial charge is 0.287 e. The Morgan fingerprint density at radius 2 is 2.08 bits per heavy atom. The van der Waals surface area contributed by atoms with E-state index in [1.165, 1.54) is 6.26 Å². The third-order valence-corrected chi connectivity index (χ3v) is 4.42. The minimum Gasteiger partial charge on any atom is -0.459 e. The molecule has 1 aromatic carbocycles. The highest BCUT2D eigenvalue weighted by atomic mass is 32.1. The maximum absolute atomic E-state index is 11.9. The molecule has 0 spiro atoms. The molecule has 3 heterocycles. The molecule has 0 aliphatic carbocycles. The SMILES string of the molecule is Cc1nc(-c2cccc(-c3noc(CNC(=O)c4ccco4)n3)c2)cs1. The number of nitrogens with zero attached hydrogens (tertiary/aromatic N) is 3. The van der Waals surface area contributed by atoms with E-state index in [1.807, 2.05) is 36.6 Å². The van der Waals surface area contributed by atoms with E-state index < -0.39 is 0 Å². The van der Waals surface area contributed by atoms with Crippen molar-refractivity contribution < 1.29 is 13.7 Å². The maximum Gasteiger partial charge on any atom is 0.287 e. The van der Waals surface area contributed by atoms with Gasteiger partial charge in [0.2, 0.25) is 11.7 Å². The Labute approximate surface area is 152 Å². The largest absolute Gasteiger partial charge is 0.459 e. The van der Waals surface area contributed by atoms with Crippen LogP contribution in [0.4, 0.5) is 0 Å². The molecule has 0 saturated carbocycles. The number of furan rings is 1. The van der Waals surface area contributed by atoms with Gasteiger partial charge in [-0.15, -0.1) is 11.3 Å². The highest BCUT2D eigenvalue weighted by Crippen LogP contribution is 2.25. The van der Waals surface area contributed by atoms with Gasteiger partial charge < -0.3 is 14.3 Å². The van der Waals surface area contributed by atoms with Gasteiger partial charge in [0.15, 0.2) is 5.76 Å². The van der Waals surface area contributed by atoms with Crippen molar-refractivity contribution in [2.24, 2.45) is 0 Å². The van der Waals surface area contributed by atoms with Crippen LogP contribution in [-0.4, -0.2) is 21.0 Å². The number of nitrogens with one attached hydrogen (secondary N) is 1. The molecule has 0 bridgehead atoms. The van der Waals surface area contributed by atoms with E-state index in [4.69, 9.17) is 8.94 Å². The molecule has 4 rings (SSSR count). The molecule has 0 fully saturated rings. The van der Waals surface area contributed by atoms with Gasteiger partial charge in [-0.2, -0.15) is 4.98 Å². The molecule has 130 valence electrons. The predicted molar refractivity (Wildman–Crippen MR) is 95.5 cm³/mol. The van der Waals surface area contributed by atoms with Gasteiger partial charge in [0, 0.05) is 16.5 Å². The van der Waals surface area contributed by atoms with Crippen LogP contribution >= 0.6 is 11.3 Å². The van der Waals surface area contributed by atoms with Gasteiger partial charge in [-0.1, -0.05) is 23.4 Å². The average Bonchev–Trinajstić information content (AvgIpc) is 3.41. The van der Waals surface area contributed by atoms with Crippen LogP contribution in [0.5, 0.6) is 0 Å². The fourth-order valence-corrected chi connectivity index (χ4v) is 3.03. The second kappa shape index (κ2) is 6.93. The first-order valence-corrected chi connectivity index (χ1v) is 8.74. The standard InChI is InChI=1S/C18H14N4O3S/c1-11-20-14(10-26-11)12-4-2-5-13(8-12)17-21-16(25-22-17)9-19-18(23)15-6-3-7-24-15/h2-8,10H,9H2,1H3,(H,19,23). The van der Waals surface area contributed by atoms with Crippen LogP contribution in [0.1, 0.15) is 21.5 Å². The second-order valence-corrected chi connectivity index (χ2v) is 6.57. The Kier molecular flexibility index (Phi) is 4.32. The summed E-state index contributed by atoms with van der Waals surface area (Å²) in [5, 5.41) is 9.68. The highest BCUT2D eigenvalue weighted by Gasteiger charge is 2.13. The van der Waals surface area contributed by atoms with E-state index in [2.05, 4.69) is 20.4 Å². The van der Waals surface area contributed by atoms with Crippen LogP contribution in [0.2, 0.25) is 0 Å². The fourth-order valence-electron chi connectivity index (χ4n) is 2.41. The number of hydrogen-bond acceptors (Lipinski definition) is 7. The van der Waals surface area contributed by atoms with Crippen LogP contribution in [0.15, 0.2) is 57.0 Å². The minimum absolute atomic E-state index is 0.123. The molecule has 0 saturated heterocycles. The minimum atomic E-state index is -0.337. The number of rotatable bonds is 5. The summed E-state index contributed by atoms with van der Waals surface area (Å²) in [6.45, 7) is 2.10. The fraction of sp³-hybridized carbons (Fsp3) is 0.111. The first-order valence-electron chi connectivity index (χ1n) is 7.86. The van der Waals surface area contributed by atoms with Gasteiger partial charge in [0.05, 0.1) is 23.5 Å². The van der Waals surface area contributed by atoms with Crippen molar-refractivity contribution in [3.05, 3.63) is 64.7 Å². The number of hydrogen-bond donors (Lipinski definition) is 1. The number of amides is 1. The molecule has 3 aromatic heterocycles. The lowest BCUT2D eigenvalue weighted by molar-refractivity contribution is 0.0918. The summed E-state index contributed by atoms with van der Waals surface area (Å²) in [5.74, 6) is 0.669. The topological polar surface area (TPSA) is 94.1 Å². The molecule has 4 aromatic rings. The number of aromatic nitrogens is 3. The Bertz CT molecular complexity index is 1040. The van der Waals surface area contributed by atoms with Crippen molar-refractivity contribution in [2.45, 2.75) is 13.5 Å². The highest BCUT2D eigenvalue weighted by molar-refractivity contribution is 7.09. The molecule has 0 aliphatic rings. The van der Waals surface area contributed by atoms with Gasteiger partial charge in [-0.05, 0) is 25.1 Å². The summed E-state index contributed by atoms with van der Waals surface area (Å²) >= 11 is 1.60. The van der Waals surface area contributed by atoms with Crippen LogP contribution in [-0.2, 0) is 6.54 Å². The summed E-state index contributed by atoms with van der Waals surface area (Å²) < 4.78 is 10.2. The van der Waals surface area contributed by atoms with Crippen molar-refractivity contribution in [3.8, 4) is 22.6 Å². The summed E-state index contributed by atoms with van der Waals surface area (Å²) in [6, 6.07) is 11.0. The molecular formula is C18H14N4O3S. The van der Waals surface area contributed by atoms with Crippen molar-refractivity contribution in [3.63, 3.8) is 0 Å². The van der Waals surface area contributed by atoms with E-state index >= 15 is 0 Å². The van der Waals surface area contributed by atoms with Gasteiger partial charge in [-0.25, -0.2) is 4.98 Å². The van der Waals surface area contributed by atoms with Crippen LogP contribution in [0, 0.1) is 6.92 Å². The average molecular weight is 366 g/mol. The molecule has 0 aliphatic heterocycles. The molecule has 8 heteroatoms. The number of carbonyl (C=O) groups is 1. The summed E-state index contributed by atoms with van der Waals surface area (Å²) in [6.07, 6.45) is 1.44. The summed E-state index contributed by atoms with van der Waals surface area (Å²) in [4.78, 5) is 20.7. The lowest BCUT2D eigenvalue weighted by Crippen LogP contribution is -2.22. The molecule has 0 unspecified atom stereocenters. The lowest BCUT2D eigenvalue weighted by atomic mass is 10.1. The van der Waals surface area contributed by atoms with E-state index in [1.54, 1.807) is 23.5 Å². The van der Waals surface area contributed by atoms with Crippen molar-refractivity contribution in [2.75, 3.05) is 0 Å². The zero-order valence-electron chi connectivity index (χ0n) is 13.8. The molecule has 0 atom stereocenters. The maximum atomic E-state index is 11.9. The molecule has 26 heavy (non-hydrogen) atoms. The third-order valence-electron chi connectivity index (χ3n) is 3.65. The number of aryl methyl sites for hydroxylation is 1. The van der Waals surface area contributed by atoms with Crippen molar-refractivity contribution in [1.82, 2.24) is 20.4 Å². The summed E-state index contributed by atoms with van der Waals surface area (Å²) in [5.41, 5.74) is 2.73. The molecule has 0 radical (unpaired) electrons. The zero-order valence-corrected chi connectivity index (χ0v) is 14.6. The van der Waals surface area contributed by atoms with E-state index in [0.29, 0.717) is 11.7 Å². The van der Waals surface area contributed by atoms with Crippen molar-refractivity contribution in [1.29, 1.82) is 0 Å². The molecule has 1 N–H and O–H groups in total. The monoisotopic (exact) mass is 366 g/mol. The third kappa shape index (κ3) is 3.40. The van der Waals surface area contributed by atoms with E-state index in [0.717, 1.165) is 21.8 Å². The number of benzene rings is 1. The number of thiazole rings is 1. The number of carbonyl (C=O) groups excluding carboxylic acids is 1. The van der Waals surface area contributed by atoms with Crippen LogP contribution in [0.3, 0.4) is 0 Å². The lowest BCUT2D eigenvalue weighted by Gasteiger charge is -1.99. The Morgan fingerprint density at radius 3 is 2.85 bits per heavy atom. The van der Waals surface area contributed by atoms with Gasteiger partial charge in [-0.3, -0.25) is 4.79 Å². The zero-order chi connectivity index (χ0) is 17.9. The Hall–Kier alpha value is -3.26. The van der Waals surface area contributed by atoms with E-state index in [-0.39, 0.29) is 18.2 Å². The quantitative estimate of drug-likeness (QED) is 0.579. The molecular weight excluding hydrogens is 352 g/mol. The second-order valence-electron chi connectivity index (χ2n) is 5.50. The molecule has 1 amide bonds. The molecule has 7 nitrogen and oxygen atoms in total. The van der Waals surface area contributed by atoms with Crippen LogP contribution in [0.25, 0.3) is 22.6 Å². The summed E-state index contributed by atoms with van der Waals surface area (Å²) in [7, 11) is 0. The van der Waals surface area contributed by atoms with Crippen molar-refractivity contribution >= 4 is 17.2 Å². The first-order chi connectivity index (χ1) is 12.7. The van der Waals surface area contributed by atoms with Crippen LogP contribution < -0.4 is 5.32 Å².